The van der Waals surface area contributed by atoms with Gasteiger partial charge in [-0.25, -0.2) is 52.2 Å². The molecule has 6 N–H and O–H groups in total. The van der Waals surface area contributed by atoms with Crippen molar-refractivity contribution in [1.29, 1.82) is 0 Å². The Morgan fingerprint density at radius 3 is 1.89 bits per heavy atom. The Morgan fingerprint density at radius 1 is 0.591 bits per heavy atom. The molecule has 16 aromatic rings. The number of anilines is 4. The summed E-state index contributed by atoms with van der Waals surface area (Å²) in [6.45, 7) is 17.5. The Labute approximate surface area is 888 Å². The Bertz CT molecular complexity index is 7160. The minimum Gasteiger partial charge on any atom is -0.508 e. The van der Waals surface area contributed by atoms with Crippen LogP contribution < -0.4 is 44.5 Å². The van der Waals surface area contributed by atoms with Gasteiger partial charge in [-0.2, -0.15) is 10.1 Å². The number of carbonyl (C=O) groups excluding carboxylic acids is 4. The van der Waals surface area contributed by atoms with Gasteiger partial charge >= 0.3 is 5.97 Å². The van der Waals surface area contributed by atoms with E-state index in [0.29, 0.717) is 82.7 Å². The van der Waals surface area contributed by atoms with Crippen molar-refractivity contribution >= 4 is 122 Å². The monoisotopic (exact) mass is 2150 g/mol. The van der Waals surface area contributed by atoms with E-state index in [2.05, 4.69) is 109 Å². The van der Waals surface area contributed by atoms with Crippen LogP contribution in [0.2, 0.25) is 0 Å². The zero-order chi connectivity index (χ0) is 105. The van der Waals surface area contributed by atoms with E-state index in [0.717, 1.165) is 180 Å². The molecule has 10 aromatic heterocycles. The van der Waals surface area contributed by atoms with Gasteiger partial charge in [0.15, 0.2) is 43.5 Å². The second-order valence-electron chi connectivity index (χ2n) is 35.3. The highest BCUT2D eigenvalue weighted by Gasteiger charge is 2.32. The van der Waals surface area contributed by atoms with Crippen LogP contribution in [0.15, 0.2) is 220 Å². The standard InChI is InChI=1S/C22H25N5O2S.C20H26N2O3S.C19H26N2O3S2.C18H15N3O3S.C15H9F2N3OS.C15H18N2O2S/c1-14-10-17(15(2)27(14)22-23-13-24-26-22)18-12-30-21(25-18)7-5-6-16-8-9-19(28-3)20(11-16)29-4;1-24-16-10-8-14(9-11-16)19-17(12-13-18(23)25-2)26-20(22-19)21-15-6-4-3-5-7-15;1-5-14(3)21(15(4)6-2)18(22)13-26(23,24)19-20-17(12-25-19)16-10-8-7-9-11-16;22-17(10-12-4-5-15-16(9-12)24-8-7-23-15)21-18-20-14(11-25-18)13-3-1-2-6-19-13;16-10-5-9(6-11(17)7-10)14(21)20-15-19-13(8-22-15)12-3-1-2-4-18-12;1-10-3-2-6-17(8-10)15-16-13(9-20-15)12-5-4-11(18)7-14(12)19/h8-13H,5-7H2,1-4H3,(H,23,24,26);8-11,15H,3-7,12-13H2,1-2H3,(H,21,22);7-12,14-15H,5-6,13H2,1-4H3;1-6,9,11H,7-8,10H2,(H,20,21,22);1-8H,(H,19,20,21);4-5,7,9-10,18-19H,2-3,6,8H2,1H3. The first-order valence-corrected chi connectivity index (χ1v) is 55.6. The number of phenols is 2. The van der Waals surface area contributed by atoms with Crippen molar-refractivity contribution in [2.45, 2.75) is 167 Å². The van der Waals surface area contributed by atoms with E-state index in [1.54, 1.807) is 108 Å². The summed E-state index contributed by atoms with van der Waals surface area (Å²) in [6, 6.07) is 49.9. The van der Waals surface area contributed by atoms with Crippen LogP contribution in [0, 0.1) is 31.4 Å². The van der Waals surface area contributed by atoms with Crippen molar-refractivity contribution in [1.82, 2.24) is 64.5 Å². The van der Waals surface area contributed by atoms with Gasteiger partial charge in [-0.3, -0.25) is 39.0 Å². The summed E-state index contributed by atoms with van der Waals surface area (Å²) < 4.78 is 85.5. The number of nitrogens with one attached hydrogen (secondary N) is 4. The first-order valence-electron chi connectivity index (χ1n) is 48.8. The van der Waals surface area contributed by atoms with E-state index in [1.165, 1.54) is 92.7 Å². The number of rotatable bonds is 32. The van der Waals surface area contributed by atoms with Crippen LogP contribution in [0.3, 0.4) is 0 Å². The molecule has 19 rings (SSSR count). The minimum atomic E-state index is -3.76. The smallest absolute Gasteiger partial charge is 0.305 e. The van der Waals surface area contributed by atoms with E-state index in [-0.39, 0.29) is 57.7 Å². The minimum absolute atomic E-state index is 0.00189. The molecule has 1 aliphatic carbocycles. The first kappa shape index (κ1) is 110. The van der Waals surface area contributed by atoms with Crippen LogP contribution in [0.5, 0.6) is 40.2 Å². The van der Waals surface area contributed by atoms with E-state index < -0.39 is 33.1 Å². The summed E-state index contributed by atoms with van der Waals surface area (Å²) in [5.74, 6) is 1.85. The third kappa shape index (κ3) is 31.0. The van der Waals surface area contributed by atoms with Gasteiger partial charge in [-0.15, -0.1) is 68.0 Å². The average Bonchev–Trinajstić information content (AvgIpc) is 1.63. The molecule has 3 amide bonds. The van der Waals surface area contributed by atoms with E-state index in [1.807, 2.05) is 148 Å². The zero-order valence-electron chi connectivity index (χ0n) is 84.5. The molecule has 1 saturated carbocycles. The van der Waals surface area contributed by atoms with Crippen LogP contribution >= 0.6 is 68.0 Å². The molecule has 3 atom stereocenters. The predicted octanol–water partition coefficient (Wildman–Crippen LogP) is 23.6. The third-order valence-electron chi connectivity index (χ3n) is 24.6. The number of fused-ring (bicyclic) bond motifs is 1. The molecule has 12 heterocycles. The van der Waals surface area contributed by atoms with Crippen molar-refractivity contribution in [3.05, 3.63) is 265 Å². The van der Waals surface area contributed by atoms with Crippen molar-refractivity contribution in [3.8, 4) is 114 Å². The number of aromatic hydroxyl groups is 2. The maximum absolute atomic E-state index is 13.1. The zero-order valence-corrected chi connectivity index (χ0v) is 90.2. The third-order valence-corrected chi connectivity index (χ3v) is 31.9. The molecule has 1 saturated heterocycles. The number of sulfone groups is 1. The molecular formula is C109H119F2N17O14S7. The summed E-state index contributed by atoms with van der Waals surface area (Å²) in [5.41, 5.74) is 14.1. The molecule has 2 fully saturated rings. The number of esters is 1. The molecule has 40 heteroatoms. The predicted molar refractivity (Wildman–Crippen MR) is 585 cm³/mol. The number of aromatic nitrogens is 12. The average molecular weight is 2150 g/mol. The maximum atomic E-state index is 13.1. The number of carbonyl (C=O) groups is 4. The molecule has 6 aromatic carbocycles. The fourth-order valence-electron chi connectivity index (χ4n) is 16.7. The largest absolute Gasteiger partial charge is 0.508 e. The van der Waals surface area contributed by atoms with Gasteiger partial charge < -0.3 is 59.1 Å². The van der Waals surface area contributed by atoms with E-state index >= 15 is 0 Å². The van der Waals surface area contributed by atoms with Gasteiger partial charge in [0, 0.05) is 127 Å². The van der Waals surface area contributed by atoms with Gasteiger partial charge in [0.1, 0.15) is 65.6 Å². The van der Waals surface area contributed by atoms with Gasteiger partial charge in [-0.05, 0) is 212 Å². The number of hydrogen-bond donors (Lipinski definition) is 6. The molecule has 2 aliphatic heterocycles. The highest BCUT2D eigenvalue weighted by Crippen LogP contribution is 2.41. The SMILES string of the molecule is CC1CCCN(c2nc(-c3ccc(O)cc3O)cs2)C1.CCC(C)N(C(=O)CS(=O)(=O)c1nc(-c2ccccc2)cs1)C(C)CC.COC(=O)CCc1sc(NC2CCCCC2)nc1-c1ccc(OC)cc1.COc1ccc(CCCc2nc(-c3cc(C)n(-c4ncn[nH]4)c3C)cs2)cc1OC.O=C(Cc1ccc2c(c1)OCCO2)Nc1nc(-c2ccccn2)cs1.O=C(Nc1nc(-c2ccccn2)cs1)c1cc(F)cc(F)c1. The van der Waals surface area contributed by atoms with Gasteiger partial charge in [0.2, 0.25) is 31.9 Å². The molecule has 149 heavy (non-hydrogen) atoms. The Balaban J connectivity index is 0.000000141. The number of pyridine rings is 2. The lowest BCUT2D eigenvalue weighted by molar-refractivity contribution is -0.140. The molecule has 780 valence electrons. The number of halogens is 2. The summed E-state index contributed by atoms with van der Waals surface area (Å²) in [5, 5.41) is 48.5. The number of methoxy groups -OCH3 is 4. The summed E-state index contributed by atoms with van der Waals surface area (Å²) in [7, 11) is 2.64. The van der Waals surface area contributed by atoms with Crippen LogP contribution in [-0.2, 0) is 54.6 Å². The lowest BCUT2D eigenvalue weighted by atomic mass is 9.96. The molecular weight excluding hydrogens is 2030 g/mol. The lowest BCUT2D eigenvalue weighted by Gasteiger charge is -2.33. The summed E-state index contributed by atoms with van der Waals surface area (Å²) in [6.07, 6.45) is 19.4. The molecule has 3 unspecified atom stereocenters. The van der Waals surface area contributed by atoms with Crippen LogP contribution in [0.1, 0.15) is 148 Å². The number of thiazole rings is 6. The number of benzene rings is 6. The first-order chi connectivity index (χ1) is 72.1. The molecule has 0 radical (unpaired) electrons. The number of ether oxygens (including phenoxy) is 6. The lowest BCUT2D eigenvalue weighted by Crippen LogP contribution is -2.46. The maximum Gasteiger partial charge on any atom is 0.305 e. The van der Waals surface area contributed by atoms with Crippen molar-refractivity contribution in [2.75, 3.05) is 81.3 Å². The van der Waals surface area contributed by atoms with E-state index in [9.17, 15) is 46.6 Å². The molecule has 0 bridgehead atoms. The van der Waals surface area contributed by atoms with Crippen LogP contribution in [-0.4, -0.2) is 185 Å². The number of H-pyrrole nitrogens is 1. The highest BCUT2D eigenvalue weighted by atomic mass is 32.2. The van der Waals surface area contributed by atoms with Gasteiger partial charge in [0.05, 0.1) is 80.5 Å². The number of aryl methyl sites for hydroxylation is 4. The summed E-state index contributed by atoms with van der Waals surface area (Å²) in [4.78, 5) is 93.6. The summed E-state index contributed by atoms with van der Waals surface area (Å²) >= 11 is 8.62. The van der Waals surface area contributed by atoms with Crippen molar-refractivity contribution in [2.24, 2.45) is 5.92 Å². The fraction of sp³-hybridized carbons (Fsp3) is 0.321. The molecule has 31 nitrogen and oxygen atoms in total. The van der Waals surface area contributed by atoms with Crippen LogP contribution in [0.4, 0.5) is 29.3 Å². The fourth-order valence-corrected chi connectivity index (χ4v) is 23.2. The Morgan fingerprint density at radius 2 is 1.25 bits per heavy atom. The highest BCUT2D eigenvalue weighted by molar-refractivity contribution is 7.94. The topological polar surface area (TPSA) is 390 Å². The number of aromatic amines is 1. The number of piperidine rings is 1. The quantitative estimate of drug-likeness (QED) is 0.0213. The number of amides is 3. The Kier molecular flexibility index (Phi) is 40.1. The van der Waals surface area contributed by atoms with Crippen LogP contribution in [0.25, 0.3) is 73.8 Å². The molecule has 3 aliphatic rings. The number of nitrogens with zero attached hydrogens (tertiary/aromatic N) is 13. The second-order valence-corrected chi connectivity index (χ2v) is 42.9. The van der Waals surface area contributed by atoms with Crippen molar-refractivity contribution in [3.63, 3.8) is 0 Å². The van der Waals surface area contributed by atoms with Crippen molar-refractivity contribution < 1.29 is 75.0 Å². The number of hydrogen-bond acceptors (Lipinski definition) is 32. The normalized spacial score (nSPS) is 13.5. The second kappa shape index (κ2) is 54.1. The van der Waals surface area contributed by atoms with Gasteiger partial charge in [-0.1, -0.05) is 94.6 Å². The molecule has 0 spiro atoms. The Hall–Kier alpha value is -14.3. The van der Waals surface area contributed by atoms with Gasteiger partial charge in [0.25, 0.3) is 5.91 Å². The van der Waals surface area contributed by atoms with E-state index in [4.69, 9.17) is 38.4 Å². The number of phenolic OH excluding ortho intramolecular Hbond substituents is 2.